The molecular formula is C16H16ClNO. The lowest BCUT2D eigenvalue weighted by molar-refractivity contribution is 0.476. The summed E-state index contributed by atoms with van der Waals surface area (Å²) in [6.45, 7) is 3.78. The molecular weight excluding hydrogens is 258 g/mol. The van der Waals surface area contributed by atoms with Gasteiger partial charge in [-0.3, -0.25) is 0 Å². The van der Waals surface area contributed by atoms with Gasteiger partial charge in [-0.25, -0.2) is 0 Å². The first kappa shape index (κ1) is 13.5. The molecule has 0 aliphatic carbocycles. The van der Waals surface area contributed by atoms with E-state index in [1.165, 1.54) is 0 Å². The van der Waals surface area contributed by atoms with Gasteiger partial charge in [0.2, 0.25) is 0 Å². The molecule has 1 atom stereocenters. The molecule has 19 heavy (non-hydrogen) atoms. The second-order valence-electron chi connectivity index (χ2n) is 4.29. The predicted octanol–water partition coefficient (Wildman–Crippen LogP) is 4.77. The van der Waals surface area contributed by atoms with Gasteiger partial charge in [0.25, 0.3) is 0 Å². The minimum atomic E-state index is 0.0319. The maximum atomic E-state index is 9.81. The molecule has 2 aromatic carbocycles. The fourth-order valence-corrected chi connectivity index (χ4v) is 2.15. The number of nitrogens with one attached hydrogen (secondary N) is 1. The molecule has 0 saturated carbocycles. The highest BCUT2D eigenvalue weighted by Gasteiger charge is 2.11. The lowest BCUT2D eigenvalue weighted by Gasteiger charge is -2.20. The zero-order chi connectivity index (χ0) is 13.7. The molecule has 0 aromatic heterocycles. The lowest BCUT2D eigenvalue weighted by Crippen LogP contribution is -2.10. The molecule has 1 unspecified atom stereocenters. The number of phenols is 1. The van der Waals surface area contributed by atoms with E-state index in [4.69, 9.17) is 11.6 Å². The molecule has 2 nitrogen and oxygen atoms in total. The molecule has 0 amide bonds. The van der Waals surface area contributed by atoms with Gasteiger partial charge in [0, 0.05) is 5.02 Å². The second kappa shape index (κ2) is 6.30. The molecule has 0 aliphatic rings. The second-order valence-corrected chi connectivity index (χ2v) is 4.73. The van der Waals surface area contributed by atoms with Gasteiger partial charge in [-0.1, -0.05) is 41.9 Å². The average Bonchev–Trinajstić information content (AvgIpc) is 2.40. The van der Waals surface area contributed by atoms with Crippen LogP contribution in [0.15, 0.2) is 61.2 Å². The number of rotatable bonds is 5. The molecule has 2 rings (SSSR count). The van der Waals surface area contributed by atoms with Crippen LogP contribution >= 0.6 is 11.6 Å². The Morgan fingerprint density at radius 1 is 1.21 bits per heavy atom. The van der Waals surface area contributed by atoms with Gasteiger partial charge in [0.05, 0.1) is 11.7 Å². The number of aromatic hydroxyl groups is 1. The SMILES string of the molecule is C=CCC(Nc1ccccc1O)c1cccc(Cl)c1. The van der Waals surface area contributed by atoms with E-state index in [0.717, 1.165) is 12.0 Å². The first-order valence-electron chi connectivity index (χ1n) is 6.11. The zero-order valence-corrected chi connectivity index (χ0v) is 11.3. The molecule has 0 radical (unpaired) electrons. The van der Waals surface area contributed by atoms with Gasteiger partial charge in [-0.05, 0) is 36.2 Å². The largest absolute Gasteiger partial charge is 0.506 e. The summed E-state index contributed by atoms with van der Waals surface area (Å²) in [4.78, 5) is 0. The van der Waals surface area contributed by atoms with Gasteiger partial charge >= 0.3 is 0 Å². The smallest absolute Gasteiger partial charge is 0.138 e. The fraction of sp³-hybridized carbons (Fsp3) is 0.125. The number of phenolic OH excluding ortho intramolecular Hbond substituents is 1. The Balaban J connectivity index is 2.26. The van der Waals surface area contributed by atoms with Gasteiger partial charge < -0.3 is 10.4 Å². The Bertz CT molecular complexity index is 568. The first-order valence-corrected chi connectivity index (χ1v) is 6.49. The molecule has 2 aromatic rings. The first-order chi connectivity index (χ1) is 9.20. The van der Waals surface area contributed by atoms with Crippen LogP contribution < -0.4 is 5.32 Å². The van der Waals surface area contributed by atoms with E-state index in [2.05, 4.69) is 11.9 Å². The number of hydrogen-bond donors (Lipinski definition) is 2. The number of benzene rings is 2. The summed E-state index contributed by atoms with van der Waals surface area (Å²) in [5.41, 5.74) is 1.77. The van der Waals surface area contributed by atoms with Gasteiger partial charge in [-0.15, -0.1) is 6.58 Å². The molecule has 0 saturated heterocycles. The van der Waals surface area contributed by atoms with E-state index < -0.39 is 0 Å². The molecule has 0 fully saturated rings. The number of para-hydroxylation sites is 2. The summed E-state index contributed by atoms with van der Waals surface area (Å²) in [7, 11) is 0. The summed E-state index contributed by atoms with van der Waals surface area (Å²) in [5, 5.41) is 13.8. The van der Waals surface area contributed by atoms with Crippen molar-refractivity contribution in [3.05, 3.63) is 71.8 Å². The van der Waals surface area contributed by atoms with Crippen LogP contribution in [0.1, 0.15) is 18.0 Å². The van der Waals surface area contributed by atoms with Gasteiger partial charge in [0.15, 0.2) is 0 Å². The Labute approximate surface area is 118 Å². The van der Waals surface area contributed by atoms with E-state index in [0.29, 0.717) is 10.7 Å². The number of anilines is 1. The standard InChI is InChI=1S/C16H16ClNO/c1-2-6-14(12-7-5-8-13(17)11-12)18-15-9-3-4-10-16(15)19/h2-5,7-11,14,18-19H,1,6H2. The maximum absolute atomic E-state index is 9.81. The molecule has 2 N–H and O–H groups in total. The van der Waals surface area contributed by atoms with Gasteiger partial charge in [0.1, 0.15) is 5.75 Å². The number of halogens is 1. The van der Waals surface area contributed by atoms with Crippen molar-refractivity contribution >= 4 is 17.3 Å². The molecule has 0 bridgehead atoms. The summed E-state index contributed by atoms with van der Waals surface area (Å²) < 4.78 is 0. The van der Waals surface area contributed by atoms with Crippen molar-refractivity contribution < 1.29 is 5.11 Å². The summed E-state index contributed by atoms with van der Waals surface area (Å²) in [6, 6.07) is 14.9. The third kappa shape index (κ3) is 3.52. The third-order valence-electron chi connectivity index (χ3n) is 2.89. The van der Waals surface area contributed by atoms with Crippen LogP contribution in [0.5, 0.6) is 5.75 Å². The van der Waals surface area contributed by atoms with Crippen molar-refractivity contribution in [2.45, 2.75) is 12.5 Å². The molecule has 0 aliphatic heterocycles. The van der Waals surface area contributed by atoms with Crippen LogP contribution in [-0.4, -0.2) is 5.11 Å². The normalized spacial score (nSPS) is 11.8. The quantitative estimate of drug-likeness (QED) is 0.607. The zero-order valence-electron chi connectivity index (χ0n) is 10.5. The summed E-state index contributed by atoms with van der Waals surface area (Å²) in [5.74, 6) is 0.235. The highest BCUT2D eigenvalue weighted by Crippen LogP contribution is 2.29. The molecule has 0 spiro atoms. The summed E-state index contributed by atoms with van der Waals surface area (Å²) in [6.07, 6.45) is 2.59. The predicted molar refractivity (Wildman–Crippen MR) is 80.7 cm³/mol. The molecule has 0 heterocycles. The van der Waals surface area contributed by atoms with E-state index in [9.17, 15) is 5.11 Å². The minimum absolute atomic E-state index is 0.0319. The van der Waals surface area contributed by atoms with Crippen molar-refractivity contribution in [2.24, 2.45) is 0 Å². The fourth-order valence-electron chi connectivity index (χ4n) is 1.95. The van der Waals surface area contributed by atoms with Crippen LogP contribution in [0.3, 0.4) is 0 Å². The van der Waals surface area contributed by atoms with Gasteiger partial charge in [-0.2, -0.15) is 0 Å². The van der Waals surface area contributed by atoms with E-state index >= 15 is 0 Å². The van der Waals surface area contributed by atoms with Crippen molar-refractivity contribution in [1.29, 1.82) is 0 Å². The highest BCUT2D eigenvalue weighted by molar-refractivity contribution is 6.30. The van der Waals surface area contributed by atoms with Crippen molar-refractivity contribution in [3.8, 4) is 5.75 Å². The van der Waals surface area contributed by atoms with E-state index in [-0.39, 0.29) is 11.8 Å². The van der Waals surface area contributed by atoms with E-state index in [1.807, 2.05) is 42.5 Å². The molecule has 3 heteroatoms. The van der Waals surface area contributed by atoms with Crippen LogP contribution in [0.2, 0.25) is 5.02 Å². The Morgan fingerprint density at radius 2 is 2.00 bits per heavy atom. The Hall–Kier alpha value is -1.93. The van der Waals surface area contributed by atoms with Crippen LogP contribution in [-0.2, 0) is 0 Å². The monoisotopic (exact) mass is 273 g/mol. The Morgan fingerprint density at radius 3 is 2.68 bits per heavy atom. The third-order valence-corrected chi connectivity index (χ3v) is 3.12. The van der Waals surface area contributed by atoms with E-state index in [1.54, 1.807) is 12.1 Å². The maximum Gasteiger partial charge on any atom is 0.138 e. The van der Waals surface area contributed by atoms with Crippen LogP contribution in [0.4, 0.5) is 5.69 Å². The minimum Gasteiger partial charge on any atom is -0.506 e. The Kier molecular flexibility index (Phi) is 4.48. The number of hydrogen-bond acceptors (Lipinski definition) is 2. The molecule has 98 valence electrons. The summed E-state index contributed by atoms with van der Waals surface area (Å²) >= 11 is 6.02. The highest BCUT2D eigenvalue weighted by atomic mass is 35.5. The van der Waals surface area contributed by atoms with Crippen LogP contribution in [0, 0.1) is 0 Å². The van der Waals surface area contributed by atoms with Crippen molar-refractivity contribution in [1.82, 2.24) is 0 Å². The van der Waals surface area contributed by atoms with Crippen molar-refractivity contribution in [2.75, 3.05) is 5.32 Å². The average molecular weight is 274 g/mol. The van der Waals surface area contributed by atoms with Crippen LogP contribution in [0.25, 0.3) is 0 Å². The topological polar surface area (TPSA) is 32.3 Å². The lowest BCUT2D eigenvalue weighted by atomic mass is 10.0. The van der Waals surface area contributed by atoms with Crippen molar-refractivity contribution in [3.63, 3.8) is 0 Å².